The molecule has 12 heavy (non-hydrogen) atoms. The van der Waals surface area contributed by atoms with Gasteiger partial charge < -0.3 is 11.1 Å². The number of halogens is 1. The standard InChI is InChI=1S/C6H10BrN3OS/c1-4(7)3-12-6(9)10-5(11)2-8/h3H,2,8H2,1H3,(H2,9,10,11)/b4-3+. The molecular weight excluding hydrogens is 242 g/mol. The monoisotopic (exact) mass is 251 g/mol. The van der Waals surface area contributed by atoms with Crippen LogP contribution in [0.1, 0.15) is 6.92 Å². The molecule has 6 heteroatoms. The van der Waals surface area contributed by atoms with Crippen molar-refractivity contribution in [1.82, 2.24) is 5.32 Å². The Morgan fingerprint density at radius 1 is 1.83 bits per heavy atom. The average molecular weight is 252 g/mol. The van der Waals surface area contributed by atoms with Crippen LogP contribution in [0.4, 0.5) is 0 Å². The van der Waals surface area contributed by atoms with Crippen LogP contribution in [-0.2, 0) is 4.79 Å². The molecule has 1 amide bonds. The van der Waals surface area contributed by atoms with Gasteiger partial charge >= 0.3 is 0 Å². The summed E-state index contributed by atoms with van der Waals surface area (Å²) in [6, 6.07) is 0. The van der Waals surface area contributed by atoms with Gasteiger partial charge in [-0.2, -0.15) is 0 Å². The third-order valence-electron chi connectivity index (χ3n) is 0.778. The molecule has 4 N–H and O–H groups in total. The van der Waals surface area contributed by atoms with Crippen LogP contribution < -0.4 is 11.1 Å². The van der Waals surface area contributed by atoms with Gasteiger partial charge in [-0.3, -0.25) is 10.2 Å². The smallest absolute Gasteiger partial charge is 0.239 e. The first-order chi connectivity index (χ1) is 5.56. The molecule has 0 saturated heterocycles. The lowest BCUT2D eigenvalue weighted by atomic mass is 10.6. The molecule has 0 aromatic rings. The van der Waals surface area contributed by atoms with Gasteiger partial charge in [0.2, 0.25) is 5.91 Å². The van der Waals surface area contributed by atoms with Crippen LogP contribution in [-0.4, -0.2) is 17.6 Å². The van der Waals surface area contributed by atoms with Crippen LogP contribution >= 0.6 is 27.7 Å². The van der Waals surface area contributed by atoms with E-state index in [4.69, 9.17) is 11.1 Å². The molecule has 0 atom stereocenters. The normalized spacial score (nSPS) is 11.1. The molecule has 4 nitrogen and oxygen atoms in total. The minimum atomic E-state index is -0.354. The number of allylic oxidation sites excluding steroid dienone is 1. The van der Waals surface area contributed by atoms with E-state index in [0.717, 1.165) is 16.2 Å². The van der Waals surface area contributed by atoms with Crippen LogP contribution in [0, 0.1) is 5.41 Å². The number of rotatable bonds is 2. The molecule has 0 aliphatic heterocycles. The summed E-state index contributed by atoms with van der Waals surface area (Å²) in [5, 5.41) is 11.3. The van der Waals surface area contributed by atoms with Crippen LogP contribution in [0.3, 0.4) is 0 Å². The summed E-state index contributed by atoms with van der Waals surface area (Å²) in [7, 11) is 0. The number of carbonyl (C=O) groups is 1. The quantitative estimate of drug-likeness (QED) is 0.506. The highest BCUT2D eigenvalue weighted by molar-refractivity contribution is 9.11. The first-order valence-electron chi connectivity index (χ1n) is 3.13. The van der Waals surface area contributed by atoms with Crippen molar-refractivity contribution in [3.8, 4) is 0 Å². The molecule has 0 bridgehead atoms. The zero-order valence-electron chi connectivity index (χ0n) is 6.56. The van der Waals surface area contributed by atoms with E-state index in [0.29, 0.717) is 0 Å². The first-order valence-corrected chi connectivity index (χ1v) is 4.81. The summed E-state index contributed by atoms with van der Waals surface area (Å²) in [6.07, 6.45) is 0. The fourth-order valence-corrected chi connectivity index (χ4v) is 1.08. The maximum Gasteiger partial charge on any atom is 0.239 e. The Kier molecular flexibility index (Phi) is 6.04. The number of amides is 1. The summed E-state index contributed by atoms with van der Waals surface area (Å²) in [5.74, 6) is -0.354. The highest BCUT2D eigenvalue weighted by atomic mass is 79.9. The second kappa shape index (κ2) is 6.22. The average Bonchev–Trinajstić information content (AvgIpc) is 2.00. The number of nitrogens with one attached hydrogen (secondary N) is 2. The highest BCUT2D eigenvalue weighted by Crippen LogP contribution is 2.11. The number of hydrogen-bond donors (Lipinski definition) is 3. The van der Waals surface area contributed by atoms with Gasteiger partial charge in [0.1, 0.15) is 0 Å². The zero-order chi connectivity index (χ0) is 9.56. The van der Waals surface area contributed by atoms with E-state index in [2.05, 4.69) is 21.2 Å². The summed E-state index contributed by atoms with van der Waals surface area (Å²) >= 11 is 4.31. The van der Waals surface area contributed by atoms with Gasteiger partial charge in [0.25, 0.3) is 0 Å². The van der Waals surface area contributed by atoms with Gasteiger partial charge in [-0.05, 0) is 16.8 Å². The molecule has 0 rings (SSSR count). The van der Waals surface area contributed by atoms with E-state index in [1.807, 2.05) is 6.92 Å². The molecule has 0 heterocycles. The first kappa shape index (κ1) is 11.7. The number of nitrogens with two attached hydrogens (primary N) is 1. The predicted octanol–water partition coefficient (Wildman–Crippen LogP) is 0.985. The SMILES string of the molecule is C/C(Br)=C\SC(=N)NC(=O)CN. The molecule has 68 valence electrons. The van der Waals surface area contributed by atoms with Crippen molar-refractivity contribution >= 4 is 38.8 Å². The summed E-state index contributed by atoms with van der Waals surface area (Å²) in [5.41, 5.74) is 5.03. The molecule has 0 spiro atoms. The Morgan fingerprint density at radius 2 is 2.42 bits per heavy atom. The predicted molar refractivity (Wildman–Crippen MR) is 55.2 cm³/mol. The Hall–Kier alpha value is -0.330. The van der Waals surface area contributed by atoms with E-state index in [-0.39, 0.29) is 17.6 Å². The largest absolute Gasteiger partial charge is 0.322 e. The number of carbonyl (C=O) groups excluding carboxylic acids is 1. The van der Waals surface area contributed by atoms with Gasteiger partial charge in [-0.1, -0.05) is 27.7 Å². The Bertz CT molecular complexity index is 213. The summed E-state index contributed by atoms with van der Waals surface area (Å²) in [6.45, 7) is 1.74. The van der Waals surface area contributed by atoms with Crippen molar-refractivity contribution < 1.29 is 4.79 Å². The lowest BCUT2D eigenvalue weighted by Gasteiger charge is -2.00. The van der Waals surface area contributed by atoms with E-state index >= 15 is 0 Å². The van der Waals surface area contributed by atoms with E-state index in [1.165, 1.54) is 0 Å². The molecule has 0 aliphatic rings. The molecule has 0 aromatic heterocycles. The van der Waals surface area contributed by atoms with Crippen molar-refractivity contribution in [2.45, 2.75) is 6.92 Å². The zero-order valence-corrected chi connectivity index (χ0v) is 8.96. The van der Waals surface area contributed by atoms with Crippen molar-refractivity contribution in [1.29, 1.82) is 5.41 Å². The Morgan fingerprint density at radius 3 is 2.83 bits per heavy atom. The van der Waals surface area contributed by atoms with Crippen LogP contribution in [0.25, 0.3) is 0 Å². The fraction of sp³-hybridized carbons (Fsp3) is 0.333. The molecule has 0 aromatic carbocycles. The molecule has 0 unspecified atom stereocenters. The lowest BCUT2D eigenvalue weighted by molar-refractivity contribution is -0.118. The summed E-state index contributed by atoms with van der Waals surface area (Å²) in [4.78, 5) is 10.6. The Balaban J connectivity index is 3.75. The van der Waals surface area contributed by atoms with Crippen molar-refractivity contribution in [3.05, 3.63) is 9.89 Å². The minimum absolute atomic E-state index is 0.0734. The van der Waals surface area contributed by atoms with Crippen LogP contribution in [0.2, 0.25) is 0 Å². The fourth-order valence-electron chi connectivity index (χ4n) is 0.347. The van der Waals surface area contributed by atoms with Gasteiger partial charge in [0.15, 0.2) is 5.17 Å². The Labute approximate surface area is 83.6 Å². The van der Waals surface area contributed by atoms with Crippen LogP contribution in [0.5, 0.6) is 0 Å². The van der Waals surface area contributed by atoms with E-state index in [1.54, 1.807) is 5.41 Å². The van der Waals surface area contributed by atoms with Crippen molar-refractivity contribution in [2.24, 2.45) is 5.73 Å². The second-order valence-electron chi connectivity index (χ2n) is 1.90. The molecule has 0 fully saturated rings. The number of thioether (sulfide) groups is 1. The molecule has 0 aliphatic carbocycles. The minimum Gasteiger partial charge on any atom is -0.322 e. The second-order valence-corrected chi connectivity index (χ2v) is 4.03. The third-order valence-corrected chi connectivity index (χ3v) is 2.12. The third kappa shape index (κ3) is 6.38. The number of amidine groups is 1. The number of hydrogen-bond acceptors (Lipinski definition) is 4. The van der Waals surface area contributed by atoms with Crippen LogP contribution in [0.15, 0.2) is 9.89 Å². The maximum absolute atomic E-state index is 10.6. The topological polar surface area (TPSA) is 79.0 Å². The van der Waals surface area contributed by atoms with Crippen molar-refractivity contribution in [3.63, 3.8) is 0 Å². The van der Waals surface area contributed by atoms with E-state index in [9.17, 15) is 4.79 Å². The maximum atomic E-state index is 10.6. The molecular formula is C6H10BrN3OS. The molecule has 0 saturated carbocycles. The van der Waals surface area contributed by atoms with E-state index < -0.39 is 0 Å². The molecule has 0 radical (unpaired) electrons. The summed E-state index contributed by atoms with van der Waals surface area (Å²) < 4.78 is 0.902. The van der Waals surface area contributed by atoms with Gasteiger partial charge in [0.05, 0.1) is 6.54 Å². The van der Waals surface area contributed by atoms with Gasteiger partial charge in [-0.25, -0.2) is 0 Å². The van der Waals surface area contributed by atoms with Gasteiger partial charge in [-0.15, -0.1) is 0 Å². The lowest BCUT2D eigenvalue weighted by Crippen LogP contribution is -2.33. The van der Waals surface area contributed by atoms with Gasteiger partial charge in [0, 0.05) is 0 Å². The van der Waals surface area contributed by atoms with Crippen molar-refractivity contribution in [2.75, 3.05) is 6.54 Å². The highest BCUT2D eigenvalue weighted by Gasteiger charge is 2.00.